The molecule has 2 N–H and O–H groups in total. The minimum Gasteiger partial charge on any atom is -0.504 e. The number of nitrogens with one attached hydrogen (secondary N) is 1. The van der Waals surface area contributed by atoms with E-state index in [-0.39, 0.29) is 12.4 Å². The summed E-state index contributed by atoms with van der Waals surface area (Å²) in [5.41, 5.74) is 4.88. The number of methoxy groups -OCH3 is 1. The van der Waals surface area contributed by atoms with Crippen LogP contribution in [0, 0.1) is 13.8 Å². The third-order valence-electron chi connectivity index (χ3n) is 3.56. The molecule has 2 rings (SSSR count). The molecule has 6 nitrogen and oxygen atoms in total. The van der Waals surface area contributed by atoms with E-state index in [0.717, 1.165) is 11.1 Å². The van der Waals surface area contributed by atoms with Gasteiger partial charge in [-0.15, -0.1) is 0 Å². The topological polar surface area (TPSA) is 80.2 Å². The van der Waals surface area contributed by atoms with E-state index in [1.54, 1.807) is 18.2 Å². The van der Waals surface area contributed by atoms with Gasteiger partial charge in [-0.2, -0.15) is 5.10 Å². The van der Waals surface area contributed by atoms with Crippen LogP contribution in [0.2, 0.25) is 0 Å². The Balaban J connectivity index is 1.90. The van der Waals surface area contributed by atoms with Gasteiger partial charge in [-0.3, -0.25) is 4.79 Å². The first kappa shape index (κ1) is 17.3. The Bertz CT molecular complexity index is 757. The predicted molar refractivity (Wildman–Crippen MR) is 91.8 cm³/mol. The molecule has 0 aliphatic carbocycles. The molecule has 0 spiro atoms. The molecule has 126 valence electrons. The van der Waals surface area contributed by atoms with Crippen LogP contribution < -0.4 is 14.9 Å². The van der Waals surface area contributed by atoms with Crippen LogP contribution in [-0.4, -0.2) is 30.9 Å². The molecular formula is C18H20N2O4. The number of benzene rings is 2. The summed E-state index contributed by atoms with van der Waals surface area (Å²) in [6.07, 6.45) is 1.34. The molecule has 0 radical (unpaired) electrons. The molecule has 2 aromatic carbocycles. The average Bonchev–Trinajstić information content (AvgIpc) is 2.58. The fourth-order valence-corrected chi connectivity index (χ4v) is 2.04. The molecule has 0 aliphatic heterocycles. The molecule has 0 bridgehead atoms. The highest BCUT2D eigenvalue weighted by Crippen LogP contribution is 2.27. The van der Waals surface area contributed by atoms with Crippen LogP contribution in [0.25, 0.3) is 0 Å². The molecule has 0 saturated carbocycles. The molecule has 0 atom stereocenters. The average molecular weight is 328 g/mol. The minimum atomic E-state index is -0.394. The number of phenolic OH excluding ortho intramolecular Hbond substituents is 1. The molecule has 0 fully saturated rings. The number of para-hydroxylation sites is 1. The quantitative estimate of drug-likeness (QED) is 0.631. The number of aryl methyl sites for hydroxylation is 1. The molecule has 6 heteroatoms. The van der Waals surface area contributed by atoms with Gasteiger partial charge in [0, 0.05) is 5.56 Å². The Labute approximate surface area is 140 Å². The maximum absolute atomic E-state index is 11.8. The van der Waals surface area contributed by atoms with Crippen LogP contribution in [0.1, 0.15) is 16.7 Å². The van der Waals surface area contributed by atoms with Crippen LogP contribution in [0.15, 0.2) is 41.5 Å². The highest BCUT2D eigenvalue weighted by Gasteiger charge is 2.07. The highest BCUT2D eigenvalue weighted by molar-refractivity contribution is 5.86. The zero-order chi connectivity index (χ0) is 17.5. The second-order valence-corrected chi connectivity index (χ2v) is 5.18. The maximum Gasteiger partial charge on any atom is 0.277 e. The SMILES string of the molecule is COc1cccc(C=NNC(=O)COc2cccc(C)c2C)c1O. The Morgan fingerprint density at radius 2 is 1.92 bits per heavy atom. The van der Waals surface area contributed by atoms with Crippen molar-refractivity contribution in [1.29, 1.82) is 0 Å². The monoisotopic (exact) mass is 328 g/mol. The fourth-order valence-electron chi connectivity index (χ4n) is 2.04. The molecule has 0 unspecified atom stereocenters. The van der Waals surface area contributed by atoms with Gasteiger partial charge in [-0.1, -0.05) is 18.2 Å². The van der Waals surface area contributed by atoms with Crippen molar-refractivity contribution in [3.63, 3.8) is 0 Å². The van der Waals surface area contributed by atoms with Crippen LogP contribution in [0.4, 0.5) is 0 Å². The summed E-state index contributed by atoms with van der Waals surface area (Å²) in [5.74, 6) is 0.572. The van der Waals surface area contributed by atoms with E-state index >= 15 is 0 Å². The lowest BCUT2D eigenvalue weighted by atomic mass is 10.1. The zero-order valence-electron chi connectivity index (χ0n) is 13.9. The maximum atomic E-state index is 11.8. The highest BCUT2D eigenvalue weighted by atomic mass is 16.5. The van der Waals surface area contributed by atoms with Crippen molar-refractivity contribution in [3.8, 4) is 17.2 Å². The summed E-state index contributed by atoms with van der Waals surface area (Å²) in [4.78, 5) is 11.8. The molecule has 1 amide bonds. The van der Waals surface area contributed by atoms with Gasteiger partial charge in [0.15, 0.2) is 18.1 Å². The number of hydrazone groups is 1. The van der Waals surface area contributed by atoms with Crippen molar-refractivity contribution in [2.75, 3.05) is 13.7 Å². The third kappa shape index (κ3) is 4.25. The van der Waals surface area contributed by atoms with Gasteiger partial charge < -0.3 is 14.6 Å². The third-order valence-corrected chi connectivity index (χ3v) is 3.56. The molecule has 0 aliphatic rings. The lowest BCUT2D eigenvalue weighted by Gasteiger charge is -2.09. The first-order valence-electron chi connectivity index (χ1n) is 7.39. The molecule has 2 aromatic rings. The fraction of sp³-hybridized carbons (Fsp3) is 0.222. The van der Waals surface area contributed by atoms with Gasteiger partial charge in [0.2, 0.25) is 0 Å². The number of aromatic hydroxyl groups is 1. The number of phenols is 1. The van der Waals surface area contributed by atoms with Crippen molar-refractivity contribution in [1.82, 2.24) is 5.43 Å². The Morgan fingerprint density at radius 1 is 1.21 bits per heavy atom. The van der Waals surface area contributed by atoms with Crippen molar-refractivity contribution < 1.29 is 19.4 Å². The lowest BCUT2D eigenvalue weighted by molar-refractivity contribution is -0.123. The molecule has 0 heterocycles. The molecule has 0 saturated heterocycles. The second kappa shape index (κ2) is 8.01. The summed E-state index contributed by atoms with van der Waals surface area (Å²) in [6.45, 7) is 3.77. The first-order valence-corrected chi connectivity index (χ1v) is 7.39. The summed E-state index contributed by atoms with van der Waals surface area (Å²) < 4.78 is 10.5. The van der Waals surface area contributed by atoms with E-state index in [2.05, 4.69) is 10.5 Å². The van der Waals surface area contributed by atoms with Gasteiger partial charge in [0.1, 0.15) is 5.75 Å². The summed E-state index contributed by atoms with van der Waals surface area (Å²) in [7, 11) is 1.46. The first-order chi connectivity index (χ1) is 11.5. The van der Waals surface area contributed by atoms with E-state index in [1.807, 2.05) is 32.0 Å². The largest absolute Gasteiger partial charge is 0.504 e. The summed E-state index contributed by atoms with van der Waals surface area (Å²) in [6, 6.07) is 10.7. The van der Waals surface area contributed by atoms with Crippen molar-refractivity contribution in [3.05, 3.63) is 53.1 Å². The van der Waals surface area contributed by atoms with Crippen LogP contribution in [0.5, 0.6) is 17.2 Å². The van der Waals surface area contributed by atoms with Gasteiger partial charge in [0.05, 0.1) is 13.3 Å². The van der Waals surface area contributed by atoms with Crippen LogP contribution in [0.3, 0.4) is 0 Å². The number of hydrogen-bond donors (Lipinski definition) is 2. The van der Waals surface area contributed by atoms with Gasteiger partial charge >= 0.3 is 0 Å². The van der Waals surface area contributed by atoms with Crippen molar-refractivity contribution in [2.45, 2.75) is 13.8 Å². The van der Waals surface area contributed by atoms with Gasteiger partial charge in [-0.05, 0) is 43.2 Å². The Morgan fingerprint density at radius 3 is 2.67 bits per heavy atom. The predicted octanol–water partition coefficient (Wildman–Crippen LogP) is 2.55. The number of rotatable bonds is 6. The smallest absolute Gasteiger partial charge is 0.277 e. The standard InChI is InChI=1S/C18H20N2O4/c1-12-6-4-8-15(13(12)2)24-11-17(21)20-19-10-14-7-5-9-16(23-3)18(14)22/h4-10,22H,11H2,1-3H3,(H,20,21). The molecule has 0 aromatic heterocycles. The Hall–Kier alpha value is -3.02. The number of nitrogens with zero attached hydrogens (tertiary/aromatic N) is 1. The summed E-state index contributed by atoms with van der Waals surface area (Å²) in [5, 5.41) is 13.7. The van der Waals surface area contributed by atoms with E-state index in [4.69, 9.17) is 9.47 Å². The van der Waals surface area contributed by atoms with Gasteiger partial charge in [0.25, 0.3) is 5.91 Å². The number of carbonyl (C=O) groups excluding carboxylic acids is 1. The van der Waals surface area contributed by atoms with Gasteiger partial charge in [-0.25, -0.2) is 5.43 Å². The number of amides is 1. The number of ether oxygens (including phenoxy) is 2. The molecular weight excluding hydrogens is 308 g/mol. The second-order valence-electron chi connectivity index (χ2n) is 5.18. The van der Waals surface area contributed by atoms with Crippen LogP contribution in [-0.2, 0) is 4.79 Å². The number of hydrogen-bond acceptors (Lipinski definition) is 5. The van der Waals surface area contributed by atoms with Crippen molar-refractivity contribution in [2.24, 2.45) is 5.10 Å². The molecule has 24 heavy (non-hydrogen) atoms. The van der Waals surface area contributed by atoms with E-state index in [0.29, 0.717) is 17.1 Å². The van der Waals surface area contributed by atoms with E-state index in [9.17, 15) is 9.90 Å². The Kier molecular flexibility index (Phi) is 5.78. The van der Waals surface area contributed by atoms with E-state index < -0.39 is 5.91 Å². The number of carbonyl (C=O) groups is 1. The normalized spacial score (nSPS) is 10.6. The lowest BCUT2D eigenvalue weighted by Crippen LogP contribution is -2.24. The van der Waals surface area contributed by atoms with Crippen LogP contribution >= 0.6 is 0 Å². The van der Waals surface area contributed by atoms with E-state index in [1.165, 1.54) is 13.3 Å². The minimum absolute atomic E-state index is 0.0374. The van der Waals surface area contributed by atoms with Crippen molar-refractivity contribution >= 4 is 12.1 Å². The zero-order valence-corrected chi connectivity index (χ0v) is 13.9. The summed E-state index contributed by atoms with van der Waals surface area (Å²) >= 11 is 0.